The van der Waals surface area contributed by atoms with Crippen molar-refractivity contribution >= 4 is 23.8 Å². The molecule has 2 N–H and O–H groups in total. The predicted molar refractivity (Wildman–Crippen MR) is 71.2 cm³/mol. The van der Waals surface area contributed by atoms with Gasteiger partial charge in [-0.2, -0.15) is 0 Å². The molecule has 0 radical (unpaired) electrons. The zero-order valence-corrected chi connectivity index (χ0v) is 12.3. The van der Waals surface area contributed by atoms with Crippen LogP contribution in [0.2, 0.25) is 0 Å². The minimum atomic E-state index is -1.19. The number of rotatable bonds is 1. The van der Waals surface area contributed by atoms with Crippen LogP contribution in [0.15, 0.2) is 0 Å². The molecule has 8 nitrogen and oxygen atoms in total. The molecule has 4 amide bonds. The Morgan fingerprint density at radius 1 is 1.33 bits per heavy atom. The number of imide groups is 1. The molecule has 2 aliphatic rings. The van der Waals surface area contributed by atoms with Gasteiger partial charge in [0.2, 0.25) is 5.91 Å². The third kappa shape index (κ3) is 2.45. The Balaban J connectivity index is 2.28. The predicted octanol–water partition coefficient (Wildman–Crippen LogP) is -0.362. The molecule has 2 heterocycles. The Bertz CT molecular complexity index is 516. The highest BCUT2D eigenvalue weighted by Gasteiger charge is 2.48. The molecule has 2 saturated heterocycles. The molecule has 0 spiro atoms. The molecule has 2 atom stereocenters. The van der Waals surface area contributed by atoms with Gasteiger partial charge < -0.3 is 14.9 Å². The number of nitrogens with one attached hydrogen (secondary N) is 1. The van der Waals surface area contributed by atoms with Gasteiger partial charge in [-0.15, -0.1) is 0 Å². The zero-order chi connectivity index (χ0) is 15.9. The number of urea groups is 1. The second kappa shape index (κ2) is 5.01. The molecule has 0 aromatic rings. The summed E-state index contributed by atoms with van der Waals surface area (Å²) in [4.78, 5) is 49.7. The first-order chi connectivity index (χ1) is 9.66. The summed E-state index contributed by atoms with van der Waals surface area (Å²) in [5.74, 6) is -2.36. The molecule has 2 rings (SSSR count). The molecule has 2 aliphatic heterocycles. The van der Waals surface area contributed by atoms with Gasteiger partial charge in [-0.1, -0.05) is 6.92 Å². The standard InChI is InChI=1S/C13H19N3O5/c1-7-4-5-15(9(7)10(18)19)12(21)16-6-8(17)14-11(20)13(16,2)3/h7,9H,4-6H2,1-3H3,(H,18,19)(H,14,17,20). The molecule has 0 aliphatic carbocycles. The molecule has 0 aromatic heterocycles. The Kier molecular flexibility index (Phi) is 3.65. The molecule has 21 heavy (non-hydrogen) atoms. The van der Waals surface area contributed by atoms with Crippen LogP contribution in [-0.4, -0.2) is 63.4 Å². The van der Waals surface area contributed by atoms with E-state index in [1.54, 1.807) is 6.92 Å². The van der Waals surface area contributed by atoms with Gasteiger partial charge in [0.15, 0.2) is 0 Å². The minimum absolute atomic E-state index is 0.163. The number of nitrogens with zero attached hydrogens (tertiary/aromatic N) is 2. The maximum Gasteiger partial charge on any atom is 0.326 e. The number of amides is 4. The van der Waals surface area contributed by atoms with E-state index in [0.29, 0.717) is 13.0 Å². The Hall–Kier alpha value is -2.12. The lowest BCUT2D eigenvalue weighted by Crippen LogP contribution is -2.68. The van der Waals surface area contributed by atoms with Crippen molar-refractivity contribution in [1.82, 2.24) is 15.1 Å². The summed E-state index contributed by atoms with van der Waals surface area (Å²) in [6.45, 7) is 4.88. The van der Waals surface area contributed by atoms with Gasteiger partial charge >= 0.3 is 12.0 Å². The quantitative estimate of drug-likeness (QED) is 0.643. The van der Waals surface area contributed by atoms with E-state index < -0.39 is 35.4 Å². The summed E-state index contributed by atoms with van der Waals surface area (Å²) in [5.41, 5.74) is -1.19. The van der Waals surface area contributed by atoms with Gasteiger partial charge in [0.25, 0.3) is 5.91 Å². The van der Waals surface area contributed by atoms with Gasteiger partial charge in [-0.3, -0.25) is 14.9 Å². The van der Waals surface area contributed by atoms with Crippen molar-refractivity contribution < 1.29 is 24.3 Å². The summed E-state index contributed by atoms with van der Waals surface area (Å²) >= 11 is 0. The first kappa shape index (κ1) is 15.3. The monoisotopic (exact) mass is 297 g/mol. The zero-order valence-electron chi connectivity index (χ0n) is 12.3. The summed E-state index contributed by atoms with van der Waals surface area (Å²) in [6, 6.07) is -1.51. The van der Waals surface area contributed by atoms with Gasteiger partial charge in [0.1, 0.15) is 18.1 Å². The first-order valence-electron chi connectivity index (χ1n) is 6.81. The van der Waals surface area contributed by atoms with E-state index in [9.17, 15) is 24.3 Å². The summed E-state index contributed by atoms with van der Waals surface area (Å²) in [5, 5.41) is 11.5. The Morgan fingerprint density at radius 2 is 1.95 bits per heavy atom. The van der Waals surface area contributed by atoms with Crippen LogP contribution in [0.3, 0.4) is 0 Å². The van der Waals surface area contributed by atoms with Crippen LogP contribution in [0.25, 0.3) is 0 Å². The summed E-state index contributed by atoms with van der Waals surface area (Å²) in [7, 11) is 0. The van der Waals surface area contributed by atoms with E-state index in [0.717, 1.165) is 4.90 Å². The SMILES string of the molecule is CC1CCN(C(=O)N2CC(=O)NC(=O)C2(C)C)C1C(=O)O. The molecule has 0 aromatic carbocycles. The average molecular weight is 297 g/mol. The second-order valence-electron chi connectivity index (χ2n) is 6.05. The number of hydrogen-bond donors (Lipinski definition) is 2. The van der Waals surface area contributed by atoms with Crippen molar-refractivity contribution in [2.75, 3.05) is 13.1 Å². The molecule has 2 unspecified atom stereocenters. The van der Waals surface area contributed by atoms with Gasteiger partial charge in [0, 0.05) is 6.54 Å². The minimum Gasteiger partial charge on any atom is -0.480 e. The molecular weight excluding hydrogens is 278 g/mol. The highest BCUT2D eigenvalue weighted by molar-refractivity contribution is 6.06. The number of hydrogen-bond acceptors (Lipinski definition) is 4. The summed E-state index contributed by atoms with van der Waals surface area (Å²) in [6.07, 6.45) is 0.580. The molecule has 116 valence electrons. The lowest BCUT2D eigenvalue weighted by Gasteiger charge is -2.42. The molecule has 2 fully saturated rings. The van der Waals surface area contributed by atoms with E-state index in [2.05, 4.69) is 5.32 Å². The lowest BCUT2D eigenvalue weighted by atomic mass is 9.99. The number of carbonyl (C=O) groups is 4. The van der Waals surface area contributed by atoms with Crippen LogP contribution in [0.4, 0.5) is 4.79 Å². The van der Waals surface area contributed by atoms with Crippen molar-refractivity contribution in [1.29, 1.82) is 0 Å². The van der Waals surface area contributed by atoms with E-state index in [4.69, 9.17) is 0 Å². The van der Waals surface area contributed by atoms with Gasteiger partial charge in [-0.05, 0) is 26.2 Å². The fraction of sp³-hybridized carbons (Fsp3) is 0.692. The highest BCUT2D eigenvalue weighted by Crippen LogP contribution is 2.28. The van der Waals surface area contributed by atoms with Gasteiger partial charge in [0.05, 0.1) is 0 Å². The second-order valence-corrected chi connectivity index (χ2v) is 6.05. The maximum absolute atomic E-state index is 12.6. The number of carboxylic acids is 1. The largest absolute Gasteiger partial charge is 0.480 e. The van der Waals surface area contributed by atoms with Crippen LogP contribution in [0, 0.1) is 5.92 Å². The molecular formula is C13H19N3O5. The van der Waals surface area contributed by atoms with Crippen LogP contribution in [0.5, 0.6) is 0 Å². The molecule has 0 bridgehead atoms. The van der Waals surface area contributed by atoms with E-state index in [-0.39, 0.29) is 12.5 Å². The van der Waals surface area contributed by atoms with Crippen molar-refractivity contribution in [3.05, 3.63) is 0 Å². The van der Waals surface area contributed by atoms with Crippen molar-refractivity contribution in [3.63, 3.8) is 0 Å². The number of carboxylic acid groups (broad SMARTS) is 1. The third-order valence-corrected chi connectivity index (χ3v) is 4.21. The smallest absolute Gasteiger partial charge is 0.326 e. The lowest BCUT2D eigenvalue weighted by molar-refractivity contribution is -0.144. The third-order valence-electron chi connectivity index (χ3n) is 4.21. The number of aliphatic carboxylic acids is 1. The molecule has 0 saturated carbocycles. The molecule has 8 heteroatoms. The van der Waals surface area contributed by atoms with E-state index in [1.807, 2.05) is 0 Å². The number of carbonyl (C=O) groups excluding carboxylic acids is 3. The maximum atomic E-state index is 12.6. The topological polar surface area (TPSA) is 107 Å². The normalized spacial score (nSPS) is 28.5. The van der Waals surface area contributed by atoms with Crippen molar-refractivity contribution in [2.45, 2.75) is 38.8 Å². The van der Waals surface area contributed by atoms with Crippen LogP contribution < -0.4 is 5.32 Å². The number of likely N-dealkylation sites (tertiary alicyclic amines) is 1. The van der Waals surface area contributed by atoms with E-state index >= 15 is 0 Å². The average Bonchev–Trinajstić information content (AvgIpc) is 2.75. The van der Waals surface area contributed by atoms with Gasteiger partial charge in [-0.25, -0.2) is 9.59 Å². The van der Waals surface area contributed by atoms with Crippen LogP contribution in [0.1, 0.15) is 27.2 Å². The Labute approximate surface area is 122 Å². The van der Waals surface area contributed by atoms with Crippen molar-refractivity contribution in [3.8, 4) is 0 Å². The van der Waals surface area contributed by atoms with Crippen LogP contribution >= 0.6 is 0 Å². The summed E-state index contributed by atoms with van der Waals surface area (Å²) < 4.78 is 0. The Morgan fingerprint density at radius 3 is 2.52 bits per heavy atom. The first-order valence-corrected chi connectivity index (χ1v) is 6.81. The number of piperazine rings is 1. The van der Waals surface area contributed by atoms with Crippen molar-refractivity contribution in [2.24, 2.45) is 5.92 Å². The highest BCUT2D eigenvalue weighted by atomic mass is 16.4. The van der Waals surface area contributed by atoms with E-state index in [1.165, 1.54) is 18.7 Å². The fourth-order valence-corrected chi connectivity index (χ4v) is 2.78. The fourth-order valence-electron chi connectivity index (χ4n) is 2.78. The van der Waals surface area contributed by atoms with Crippen LogP contribution in [-0.2, 0) is 14.4 Å².